The Morgan fingerprint density at radius 1 is 1.04 bits per heavy atom. The summed E-state index contributed by atoms with van der Waals surface area (Å²) in [7, 11) is -3.46. The van der Waals surface area contributed by atoms with Gasteiger partial charge in [-0.25, -0.2) is 8.42 Å². The minimum Gasteiger partial charge on any atom is -0.381 e. The molecule has 4 rings (SSSR count). The number of hydrogen-bond acceptors (Lipinski definition) is 4. The molecule has 0 aromatic heterocycles. The zero-order chi connectivity index (χ0) is 16.7. The second kappa shape index (κ2) is 5.90. The second-order valence-corrected chi connectivity index (χ2v) is 8.76. The predicted octanol–water partition coefficient (Wildman–Crippen LogP) is 3.03. The van der Waals surface area contributed by atoms with E-state index >= 15 is 0 Å². The zero-order valence-corrected chi connectivity index (χ0v) is 14.5. The Kier molecular flexibility index (Phi) is 3.85. The number of fused-ring (bicyclic) bond motifs is 3. The van der Waals surface area contributed by atoms with Crippen molar-refractivity contribution in [3.63, 3.8) is 0 Å². The number of benzene rings is 2. The third-order valence-electron chi connectivity index (χ3n) is 5.25. The first-order valence-electron chi connectivity index (χ1n) is 8.49. The van der Waals surface area contributed by atoms with E-state index in [1.54, 1.807) is 30.3 Å². The predicted molar refractivity (Wildman–Crippen MR) is 95.1 cm³/mol. The number of hydrogen-bond donors (Lipinski definition) is 2. The Labute approximate surface area is 143 Å². The summed E-state index contributed by atoms with van der Waals surface area (Å²) < 4.78 is 25.8. The first-order valence-corrected chi connectivity index (χ1v) is 9.97. The lowest BCUT2D eigenvalue weighted by Crippen LogP contribution is -2.31. The molecule has 2 N–H and O–H groups in total. The van der Waals surface area contributed by atoms with Gasteiger partial charge in [0.15, 0.2) is 0 Å². The van der Waals surface area contributed by atoms with E-state index in [2.05, 4.69) is 17.6 Å². The fraction of sp³-hybridized carbons (Fsp3) is 0.368. The molecule has 2 aromatic carbocycles. The van der Waals surface area contributed by atoms with E-state index in [-0.39, 0.29) is 0 Å². The van der Waals surface area contributed by atoms with Gasteiger partial charge in [-0.2, -0.15) is 0 Å². The van der Waals surface area contributed by atoms with Gasteiger partial charge in [0.05, 0.1) is 9.79 Å². The fourth-order valence-electron chi connectivity index (χ4n) is 3.94. The summed E-state index contributed by atoms with van der Waals surface area (Å²) in [6.45, 7) is 4.22. The van der Waals surface area contributed by atoms with Gasteiger partial charge in [-0.3, -0.25) is 0 Å². The number of nitrogens with one attached hydrogen (secondary N) is 2. The van der Waals surface area contributed by atoms with Gasteiger partial charge >= 0.3 is 0 Å². The maximum absolute atomic E-state index is 12.9. The van der Waals surface area contributed by atoms with Crippen LogP contribution in [-0.4, -0.2) is 27.5 Å². The van der Waals surface area contributed by atoms with Crippen molar-refractivity contribution in [1.82, 2.24) is 5.32 Å². The summed E-state index contributed by atoms with van der Waals surface area (Å²) in [5.74, 6) is 0.884. The highest BCUT2D eigenvalue weighted by Crippen LogP contribution is 2.43. The Hall–Kier alpha value is -1.85. The SMILES string of the molecule is CC1CNCC[C@@H]2c3cc(S(=O)(=O)c4ccccc4)ccc3N[C@@H]12. The Balaban J connectivity index is 1.75. The molecule has 2 aliphatic heterocycles. The van der Waals surface area contributed by atoms with Crippen LogP contribution in [0.1, 0.15) is 24.8 Å². The molecule has 0 amide bonds. The highest BCUT2D eigenvalue weighted by atomic mass is 32.2. The summed E-state index contributed by atoms with van der Waals surface area (Å²) in [5, 5.41) is 7.08. The quantitative estimate of drug-likeness (QED) is 0.881. The van der Waals surface area contributed by atoms with Crippen LogP contribution in [0.25, 0.3) is 0 Å². The molecule has 5 heteroatoms. The molecule has 126 valence electrons. The van der Waals surface area contributed by atoms with Crippen molar-refractivity contribution in [2.45, 2.75) is 35.1 Å². The van der Waals surface area contributed by atoms with Crippen LogP contribution in [0.3, 0.4) is 0 Å². The van der Waals surface area contributed by atoms with Crippen molar-refractivity contribution in [3.8, 4) is 0 Å². The number of rotatable bonds is 2. The van der Waals surface area contributed by atoms with Gasteiger partial charge < -0.3 is 10.6 Å². The van der Waals surface area contributed by atoms with Crippen LogP contribution in [0, 0.1) is 5.92 Å². The molecule has 0 spiro atoms. The topological polar surface area (TPSA) is 58.2 Å². The van der Waals surface area contributed by atoms with Gasteiger partial charge in [-0.1, -0.05) is 25.1 Å². The van der Waals surface area contributed by atoms with Crippen molar-refractivity contribution >= 4 is 15.5 Å². The number of anilines is 1. The maximum atomic E-state index is 12.9. The lowest BCUT2D eigenvalue weighted by molar-refractivity contribution is 0.454. The normalized spacial score (nSPS) is 26.1. The van der Waals surface area contributed by atoms with Crippen LogP contribution >= 0.6 is 0 Å². The molecule has 24 heavy (non-hydrogen) atoms. The smallest absolute Gasteiger partial charge is 0.206 e. The molecule has 0 radical (unpaired) electrons. The molecule has 2 heterocycles. The van der Waals surface area contributed by atoms with E-state index in [0.29, 0.717) is 27.7 Å². The van der Waals surface area contributed by atoms with Crippen LogP contribution in [0.4, 0.5) is 5.69 Å². The third-order valence-corrected chi connectivity index (χ3v) is 7.02. The first kappa shape index (κ1) is 15.7. The molecule has 4 nitrogen and oxygen atoms in total. The monoisotopic (exact) mass is 342 g/mol. The Morgan fingerprint density at radius 2 is 1.83 bits per heavy atom. The van der Waals surface area contributed by atoms with E-state index in [1.165, 1.54) is 0 Å². The molecular formula is C19H22N2O2S. The largest absolute Gasteiger partial charge is 0.381 e. The Bertz CT molecular complexity index is 849. The fourth-order valence-corrected chi connectivity index (χ4v) is 5.26. The minimum absolute atomic E-state index is 0.350. The van der Waals surface area contributed by atoms with Crippen LogP contribution in [0.15, 0.2) is 58.3 Å². The summed E-state index contributed by atoms with van der Waals surface area (Å²) in [6.07, 6.45) is 1.03. The lowest BCUT2D eigenvalue weighted by atomic mass is 9.87. The molecule has 2 aromatic rings. The summed E-state index contributed by atoms with van der Waals surface area (Å²) in [5.41, 5.74) is 2.23. The molecule has 3 atom stereocenters. The first-order chi connectivity index (χ1) is 11.6. The molecule has 0 bridgehead atoms. The van der Waals surface area contributed by atoms with Gasteiger partial charge in [0, 0.05) is 17.6 Å². The molecule has 0 saturated carbocycles. The van der Waals surface area contributed by atoms with Crippen LogP contribution in [-0.2, 0) is 9.84 Å². The summed E-state index contributed by atoms with van der Waals surface area (Å²) in [6, 6.07) is 14.6. The molecule has 2 aliphatic rings. The average molecular weight is 342 g/mol. The minimum atomic E-state index is -3.46. The molecule has 0 aliphatic carbocycles. The molecule has 1 saturated heterocycles. The van der Waals surface area contributed by atoms with Crippen molar-refractivity contribution in [1.29, 1.82) is 0 Å². The highest BCUT2D eigenvalue weighted by Gasteiger charge is 2.37. The van der Waals surface area contributed by atoms with Crippen LogP contribution < -0.4 is 10.6 Å². The van der Waals surface area contributed by atoms with E-state index in [9.17, 15) is 8.42 Å². The van der Waals surface area contributed by atoms with Crippen molar-refractivity contribution in [2.24, 2.45) is 5.92 Å². The zero-order valence-electron chi connectivity index (χ0n) is 13.7. The van der Waals surface area contributed by atoms with Gasteiger partial charge in [-0.15, -0.1) is 0 Å². The summed E-state index contributed by atoms with van der Waals surface area (Å²) in [4.78, 5) is 0.739. The van der Waals surface area contributed by atoms with Crippen LogP contribution in [0.2, 0.25) is 0 Å². The van der Waals surface area contributed by atoms with E-state index in [0.717, 1.165) is 30.8 Å². The number of sulfone groups is 1. The average Bonchev–Trinajstić information content (AvgIpc) is 2.87. The molecular weight excluding hydrogens is 320 g/mol. The second-order valence-electron chi connectivity index (χ2n) is 6.81. The summed E-state index contributed by atoms with van der Waals surface area (Å²) >= 11 is 0. The van der Waals surface area contributed by atoms with Crippen molar-refractivity contribution in [3.05, 3.63) is 54.1 Å². The maximum Gasteiger partial charge on any atom is 0.206 e. The van der Waals surface area contributed by atoms with Gasteiger partial charge in [0.2, 0.25) is 9.84 Å². The van der Waals surface area contributed by atoms with Gasteiger partial charge in [-0.05, 0) is 61.3 Å². The van der Waals surface area contributed by atoms with E-state index in [4.69, 9.17) is 0 Å². The van der Waals surface area contributed by atoms with Gasteiger partial charge in [0.25, 0.3) is 0 Å². The van der Waals surface area contributed by atoms with E-state index < -0.39 is 9.84 Å². The molecule has 1 fully saturated rings. The van der Waals surface area contributed by atoms with E-state index in [1.807, 2.05) is 18.2 Å². The van der Waals surface area contributed by atoms with Crippen molar-refractivity contribution in [2.75, 3.05) is 18.4 Å². The lowest BCUT2D eigenvalue weighted by Gasteiger charge is -2.22. The Morgan fingerprint density at radius 3 is 2.62 bits per heavy atom. The third kappa shape index (κ3) is 2.52. The van der Waals surface area contributed by atoms with Crippen molar-refractivity contribution < 1.29 is 8.42 Å². The molecule has 1 unspecified atom stereocenters. The van der Waals surface area contributed by atoms with Gasteiger partial charge in [0.1, 0.15) is 0 Å². The standard InChI is InChI=1S/C19H22N2O2S/c1-13-12-20-10-9-16-17-11-15(7-8-18(17)21-19(13)16)24(22,23)14-5-3-2-4-6-14/h2-8,11,13,16,19-21H,9-10,12H2,1H3/t13?,16-,19+/m1/s1. The van der Waals surface area contributed by atoms with Crippen LogP contribution in [0.5, 0.6) is 0 Å². The highest BCUT2D eigenvalue weighted by molar-refractivity contribution is 7.91.